The molecule has 0 spiro atoms. The maximum absolute atomic E-state index is 10.3. The van der Waals surface area contributed by atoms with Crippen LogP contribution in [0.4, 0.5) is 0 Å². The molecule has 0 radical (unpaired) electrons. The number of halogens is 2. The van der Waals surface area contributed by atoms with Crippen LogP contribution in [-0.4, -0.2) is 24.0 Å². The molecule has 0 aromatic rings. The van der Waals surface area contributed by atoms with Gasteiger partial charge in [-0.05, 0) is 12.3 Å². The van der Waals surface area contributed by atoms with Crippen molar-refractivity contribution in [3.05, 3.63) is 12.2 Å². The minimum atomic E-state index is -0.598. The zero-order valence-electron chi connectivity index (χ0n) is 7.00. The van der Waals surface area contributed by atoms with E-state index in [2.05, 4.69) is 16.7 Å². The van der Waals surface area contributed by atoms with E-state index in [9.17, 15) is 4.79 Å². The Morgan fingerprint density at radius 2 is 2.38 bits per heavy atom. The molecule has 3 atom stereocenters. The smallest absolute Gasteiger partial charge is 0.208 e. The summed E-state index contributed by atoms with van der Waals surface area (Å²) in [6, 6.07) is 0.0781. The van der Waals surface area contributed by atoms with Gasteiger partial charge >= 0.3 is 0 Å². The molecule has 1 amide bonds. The van der Waals surface area contributed by atoms with Crippen LogP contribution in [-0.2, 0) is 4.79 Å². The molecule has 2 aliphatic heterocycles. The number of hydrogen-bond acceptors (Lipinski definition) is 2. The van der Waals surface area contributed by atoms with Crippen LogP contribution in [0.3, 0.4) is 0 Å². The number of carbonyl (C=O) groups is 1. The van der Waals surface area contributed by atoms with Crippen molar-refractivity contribution in [2.45, 2.75) is 17.5 Å². The maximum atomic E-state index is 10.3. The second-order valence-corrected chi connectivity index (χ2v) is 4.03. The van der Waals surface area contributed by atoms with Gasteiger partial charge in [0.25, 0.3) is 0 Å². The molecule has 0 aromatic heterocycles. The van der Waals surface area contributed by atoms with E-state index in [4.69, 9.17) is 11.6 Å². The van der Waals surface area contributed by atoms with E-state index in [1.165, 1.54) is 0 Å². The molecule has 0 aromatic carbocycles. The third-order valence-corrected chi connectivity index (χ3v) is 3.03. The average molecular weight is 268 g/mol. The Labute approximate surface area is 92.7 Å². The number of nitrogens with one attached hydrogen (secondary N) is 2. The molecule has 2 N–H and O–H groups in total. The van der Waals surface area contributed by atoms with Crippen LogP contribution in [0.2, 0.25) is 0 Å². The predicted octanol–water partition coefficient (Wildman–Crippen LogP) is 0.793. The molecular weight excluding hydrogens is 255 g/mol. The Balaban J connectivity index is 0.000000845. The lowest BCUT2D eigenvalue weighted by Gasteiger charge is -2.44. The Kier molecular flexibility index (Phi) is 3.38. The molecule has 3 rings (SSSR count). The first-order valence-electron chi connectivity index (χ1n) is 4.06. The molecule has 3 aliphatic rings. The largest absolute Gasteiger partial charge is 0.338 e. The monoisotopic (exact) mass is 266 g/mol. The van der Waals surface area contributed by atoms with Crippen molar-refractivity contribution in [2.75, 3.05) is 6.54 Å². The summed E-state index contributed by atoms with van der Waals surface area (Å²) in [5.41, 5.74) is 0. The molecular formula is C8H12BrClN2O. The second kappa shape index (κ2) is 3.98. The quantitative estimate of drug-likeness (QED) is 0.336. The van der Waals surface area contributed by atoms with Gasteiger partial charge < -0.3 is 10.6 Å². The Hall–Kier alpha value is -0.0600. The van der Waals surface area contributed by atoms with E-state index in [0.29, 0.717) is 12.3 Å². The number of hydrogen-bond donors (Lipinski definition) is 2. The number of piperidine rings is 1. The lowest BCUT2D eigenvalue weighted by Crippen LogP contribution is -2.62. The minimum Gasteiger partial charge on any atom is -0.338 e. The van der Waals surface area contributed by atoms with Gasteiger partial charge in [-0.15, -0.1) is 17.0 Å². The van der Waals surface area contributed by atoms with Gasteiger partial charge in [0, 0.05) is 6.54 Å². The Morgan fingerprint density at radius 3 is 2.77 bits per heavy atom. The molecule has 1 aliphatic carbocycles. The van der Waals surface area contributed by atoms with Crippen LogP contribution in [0.25, 0.3) is 0 Å². The molecule has 5 heteroatoms. The van der Waals surface area contributed by atoms with Gasteiger partial charge in [0.15, 0.2) is 0 Å². The highest BCUT2D eigenvalue weighted by Gasteiger charge is 2.43. The summed E-state index contributed by atoms with van der Waals surface area (Å²) in [5.74, 6) is 0.458. The Bertz CT molecular complexity index is 236. The third kappa shape index (κ3) is 1.90. The highest BCUT2D eigenvalue weighted by Crippen LogP contribution is 2.34. The standard InChI is InChI=1S/C8H11ClN2O.BrH/c9-8(11-5-12)3-6-1-2-7(8)10-4-6;/h1-2,5-7,10H,3-4H2,(H,11,12);1H. The van der Waals surface area contributed by atoms with E-state index in [0.717, 1.165) is 13.0 Å². The molecule has 1 fully saturated rings. The van der Waals surface area contributed by atoms with Crippen LogP contribution in [0.5, 0.6) is 0 Å². The van der Waals surface area contributed by atoms with Crippen molar-refractivity contribution in [3.63, 3.8) is 0 Å². The zero-order valence-corrected chi connectivity index (χ0v) is 9.46. The maximum Gasteiger partial charge on any atom is 0.208 e. The summed E-state index contributed by atoms with van der Waals surface area (Å²) in [6.07, 6.45) is 5.68. The molecule has 2 bridgehead atoms. The van der Waals surface area contributed by atoms with Crippen molar-refractivity contribution in [1.82, 2.24) is 10.6 Å². The first-order chi connectivity index (χ1) is 5.74. The van der Waals surface area contributed by atoms with Gasteiger partial charge in [-0.1, -0.05) is 23.8 Å². The lowest BCUT2D eigenvalue weighted by atomic mass is 9.83. The van der Waals surface area contributed by atoms with Crippen LogP contribution < -0.4 is 10.6 Å². The van der Waals surface area contributed by atoms with Crippen molar-refractivity contribution in [2.24, 2.45) is 5.92 Å². The normalized spacial score (nSPS) is 41.0. The molecule has 3 unspecified atom stereocenters. The topological polar surface area (TPSA) is 41.1 Å². The minimum absolute atomic E-state index is 0. The van der Waals surface area contributed by atoms with Crippen LogP contribution in [0.1, 0.15) is 6.42 Å². The summed E-state index contributed by atoms with van der Waals surface area (Å²) in [4.78, 5) is 9.71. The first-order valence-corrected chi connectivity index (χ1v) is 4.44. The van der Waals surface area contributed by atoms with E-state index < -0.39 is 5.00 Å². The van der Waals surface area contributed by atoms with Gasteiger partial charge in [0.2, 0.25) is 6.41 Å². The lowest BCUT2D eigenvalue weighted by molar-refractivity contribution is -0.110. The fourth-order valence-corrected chi connectivity index (χ4v) is 2.29. The van der Waals surface area contributed by atoms with Gasteiger partial charge in [-0.3, -0.25) is 4.79 Å². The van der Waals surface area contributed by atoms with Gasteiger partial charge in [-0.2, -0.15) is 0 Å². The highest BCUT2D eigenvalue weighted by atomic mass is 79.9. The molecule has 0 saturated carbocycles. The summed E-state index contributed by atoms with van der Waals surface area (Å²) in [5, 5.41) is 5.92. The first kappa shape index (κ1) is 11.0. The number of fused-ring (bicyclic) bond motifs is 2. The molecule has 13 heavy (non-hydrogen) atoms. The number of alkyl halides is 1. The molecule has 74 valence electrons. The zero-order chi connectivity index (χ0) is 8.60. The SMILES string of the molecule is Br.O=CNC1(Cl)CC2C=CC1NC2. The van der Waals surface area contributed by atoms with Crippen molar-refractivity contribution >= 4 is 35.0 Å². The van der Waals surface area contributed by atoms with Crippen molar-refractivity contribution in [3.8, 4) is 0 Å². The third-order valence-electron chi connectivity index (χ3n) is 2.53. The number of carbonyl (C=O) groups excluding carboxylic acids is 1. The van der Waals surface area contributed by atoms with E-state index in [1.54, 1.807) is 0 Å². The van der Waals surface area contributed by atoms with Crippen molar-refractivity contribution in [1.29, 1.82) is 0 Å². The number of rotatable bonds is 2. The van der Waals surface area contributed by atoms with Gasteiger partial charge in [-0.25, -0.2) is 0 Å². The van der Waals surface area contributed by atoms with Crippen LogP contribution in [0, 0.1) is 5.92 Å². The summed E-state index contributed by atoms with van der Waals surface area (Å²) >= 11 is 6.22. The fourth-order valence-electron chi connectivity index (χ4n) is 1.89. The average Bonchev–Trinajstić information content (AvgIpc) is 2.05. The van der Waals surface area contributed by atoms with E-state index >= 15 is 0 Å². The molecule has 3 nitrogen and oxygen atoms in total. The summed E-state index contributed by atoms with van der Waals surface area (Å²) < 4.78 is 0. The summed E-state index contributed by atoms with van der Waals surface area (Å²) in [7, 11) is 0. The fraction of sp³-hybridized carbons (Fsp3) is 0.625. The van der Waals surface area contributed by atoms with E-state index in [-0.39, 0.29) is 23.0 Å². The second-order valence-electron chi connectivity index (χ2n) is 3.36. The van der Waals surface area contributed by atoms with E-state index in [1.807, 2.05) is 6.08 Å². The summed E-state index contributed by atoms with van der Waals surface area (Å²) in [6.45, 7) is 0.968. The van der Waals surface area contributed by atoms with Crippen molar-refractivity contribution < 1.29 is 4.79 Å². The predicted molar refractivity (Wildman–Crippen MR) is 57.1 cm³/mol. The molecule has 1 saturated heterocycles. The molecule has 2 heterocycles. The van der Waals surface area contributed by atoms with Crippen LogP contribution >= 0.6 is 28.6 Å². The van der Waals surface area contributed by atoms with Gasteiger partial charge in [0.1, 0.15) is 5.00 Å². The Morgan fingerprint density at radius 1 is 1.62 bits per heavy atom. The number of amides is 1. The van der Waals surface area contributed by atoms with Crippen LogP contribution in [0.15, 0.2) is 12.2 Å². The highest BCUT2D eigenvalue weighted by molar-refractivity contribution is 8.93. The van der Waals surface area contributed by atoms with Gasteiger partial charge in [0.05, 0.1) is 6.04 Å².